The van der Waals surface area contributed by atoms with Crippen LogP contribution in [0.25, 0.3) is 0 Å². The van der Waals surface area contributed by atoms with Gasteiger partial charge in [-0.3, -0.25) is 4.79 Å². The van der Waals surface area contributed by atoms with Gasteiger partial charge in [-0.2, -0.15) is 4.31 Å². The maximum Gasteiger partial charge on any atom is 0.302 e. The fraction of sp³-hybridized carbons (Fsp3) is 0.400. The molecule has 1 saturated heterocycles. The number of rotatable bonds is 5. The van der Waals surface area contributed by atoms with Crippen molar-refractivity contribution in [3.05, 3.63) is 65.7 Å². The number of aryl methyl sites for hydroxylation is 1. The smallest absolute Gasteiger partial charge is 0.302 e. The lowest BCUT2D eigenvalue weighted by Gasteiger charge is -2.42. The summed E-state index contributed by atoms with van der Waals surface area (Å²) in [5.41, 5.74) is 0.840. The number of hydrogen-bond acceptors (Lipinski definition) is 7. The Kier molecular flexibility index (Phi) is 5.66. The molecule has 3 aliphatic rings. The van der Waals surface area contributed by atoms with E-state index >= 15 is 0 Å². The third-order valence-corrected chi connectivity index (χ3v) is 8.82. The quantitative estimate of drug-likeness (QED) is 0.475. The molecule has 1 aliphatic carbocycles. The fourth-order valence-electron chi connectivity index (χ4n) is 5.25. The molecule has 0 amide bonds. The summed E-state index contributed by atoms with van der Waals surface area (Å²) in [5, 5.41) is 0. The van der Waals surface area contributed by atoms with Gasteiger partial charge >= 0.3 is 5.97 Å². The largest absolute Gasteiger partial charge is 0.460 e. The Morgan fingerprint density at radius 2 is 1.85 bits per heavy atom. The number of esters is 1. The van der Waals surface area contributed by atoms with Gasteiger partial charge in [-0.25, -0.2) is 8.42 Å². The minimum absolute atomic E-state index is 0.0235. The molecule has 2 aromatic rings. The molecule has 5 rings (SSSR count). The Labute approximate surface area is 199 Å². The predicted molar refractivity (Wildman–Crippen MR) is 123 cm³/mol. The molecule has 9 heteroatoms. The number of carbonyl (C=O) groups is 1. The van der Waals surface area contributed by atoms with E-state index in [0.717, 1.165) is 11.1 Å². The first-order valence-electron chi connectivity index (χ1n) is 11.1. The van der Waals surface area contributed by atoms with Gasteiger partial charge in [-0.1, -0.05) is 35.9 Å². The highest BCUT2D eigenvalue weighted by molar-refractivity contribution is 7.89. The van der Waals surface area contributed by atoms with Gasteiger partial charge in [0.25, 0.3) is 0 Å². The molecule has 4 atom stereocenters. The summed E-state index contributed by atoms with van der Waals surface area (Å²) in [5.74, 6) is 0.729. The lowest BCUT2D eigenvalue weighted by atomic mass is 9.68. The van der Waals surface area contributed by atoms with Gasteiger partial charge < -0.3 is 18.9 Å². The Balaban J connectivity index is 1.67. The van der Waals surface area contributed by atoms with Crippen LogP contribution in [0.3, 0.4) is 0 Å². The van der Waals surface area contributed by atoms with Crippen molar-refractivity contribution in [2.75, 3.05) is 20.4 Å². The maximum absolute atomic E-state index is 13.9. The topological polar surface area (TPSA) is 91.4 Å². The van der Waals surface area contributed by atoms with Crippen LogP contribution in [-0.2, 0) is 29.7 Å². The minimum Gasteiger partial charge on any atom is -0.460 e. The SMILES string of the molecule is CO[C@@H]1C=C[C@@]2(c3ccc4c(c3)OCO4)[C@@H](OC(C)=O)CN(S(=O)(=O)c3ccc(C)cc3)[C@H]2C1. The van der Waals surface area contributed by atoms with Gasteiger partial charge in [0.1, 0.15) is 6.10 Å². The van der Waals surface area contributed by atoms with Crippen LogP contribution in [0.2, 0.25) is 0 Å². The molecule has 2 aliphatic heterocycles. The lowest BCUT2D eigenvalue weighted by Crippen LogP contribution is -2.51. The summed E-state index contributed by atoms with van der Waals surface area (Å²) < 4.78 is 51.6. The van der Waals surface area contributed by atoms with Crippen molar-refractivity contribution in [3.63, 3.8) is 0 Å². The number of benzene rings is 2. The first kappa shape index (κ1) is 22.9. The number of ether oxygens (including phenoxy) is 4. The van der Waals surface area contributed by atoms with Crippen LogP contribution in [0.4, 0.5) is 0 Å². The first-order valence-corrected chi connectivity index (χ1v) is 12.6. The van der Waals surface area contributed by atoms with E-state index in [9.17, 15) is 13.2 Å². The van der Waals surface area contributed by atoms with Crippen molar-refractivity contribution < 1.29 is 32.2 Å². The first-order chi connectivity index (χ1) is 16.3. The molecule has 34 heavy (non-hydrogen) atoms. The number of sulfonamides is 1. The van der Waals surface area contributed by atoms with E-state index in [4.69, 9.17) is 18.9 Å². The van der Waals surface area contributed by atoms with Crippen LogP contribution in [0, 0.1) is 6.92 Å². The molecule has 0 unspecified atom stereocenters. The second-order valence-electron chi connectivity index (χ2n) is 8.87. The molecule has 2 aromatic carbocycles. The number of carbonyl (C=O) groups excluding carboxylic acids is 1. The predicted octanol–water partition coefficient (Wildman–Crippen LogP) is 2.94. The average molecular weight is 486 g/mol. The molecular weight excluding hydrogens is 458 g/mol. The zero-order valence-electron chi connectivity index (χ0n) is 19.3. The zero-order valence-corrected chi connectivity index (χ0v) is 20.1. The monoisotopic (exact) mass is 485 g/mol. The fourth-order valence-corrected chi connectivity index (χ4v) is 6.93. The summed E-state index contributed by atoms with van der Waals surface area (Å²) in [6.45, 7) is 3.39. The van der Waals surface area contributed by atoms with E-state index in [-0.39, 0.29) is 24.3 Å². The number of methoxy groups -OCH3 is 1. The summed E-state index contributed by atoms with van der Waals surface area (Å²) >= 11 is 0. The van der Waals surface area contributed by atoms with Gasteiger partial charge in [-0.15, -0.1) is 0 Å². The molecule has 1 fully saturated rings. The zero-order chi connectivity index (χ0) is 24.1. The van der Waals surface area contributed by atoms with Crippen LogP contribution < -0.4 is 9.47 Å². The van der Waals surface area contributed by atoms with Crippen LogP contribution in [-0.4, -0.2) is 57.4 Å². The van der Waals surface area contributed by atoms with Crippen LogP contribution in [0.5, 0.6) is 11.5 Å². The summed E-state index contributed by atoms with van der Waals surface area (Å²) in [4.78, 5) is 12.3. The second kappa shape index (κ2) is 8.41. The minimum atomic E-state index is -3.89. The van der Waals surface area contributed by atoms with Crippen molar-refractivity contribution in [1.82, 2.24) is 4.31 Å². The maximum atomic E-state index is 13.9. The molecule has 8 nitrogen and oxygen atoms in total. The molecular formula is C25H27NO7S. The highest BCUT2D eigenvalue weighted by Crippen LogP contribution is 2.51. The Morgan fingerprint density at radius 1 is 1.12 bits per heavy atom. The highest BCUT2D eigenvalue weighted by atomic mass is 32.2. The van der Waals surface area contributed by atoms with E-state index in [2.05, 4.69) is 0 Å². The number of nitrogens with zero attached hydrogens (tertiary/aromatic N) is 1. The summed E-state index contributed by atoms with van der Waals surface area (Å²) in [6.07, 6.45) is 3.25. The van der Waals surface area contributed by atoms with E-state index in [1.54, 1.807) is 31.4 Å². The van der Waals surface area contributed by atoms with E-state index in [1.165, 1.54) is 11.2 Å². The second-order valence-corrected chi connectivity index (χ2v) is 10.8. The van der Waals surface area contributed by atoms with Crippen molar-refractivity contribution in [2.45, 2.75) is 48.8 Å². The van der Waals surface area contributed by atoms with Crippen LogP contribution in [0.1, 0.15) is 24.5 Å². The normalized spacial score (nSPS) is 28.0. The molecule has 180 valence electrons. The molecule has 0 N–H and O–H groups in total. The highest BCUT2D eigenvalue weighted by Gasteiger charge is 2.60. The van der Waals surface area contributed by atoms with E-state index < -0.39 is 33.6 Å². The summed E-state index contributed by atoms with van der Waals surface area (Å²) in [7, 11) is -2.29. The van der Waals surface area contributed by atoms with Crippen LogP contribution >= 0.6 is 0 Å². The van der Waals surface area contributed by atoms with Gasteiger partial charge in [-0.05, 0) is 43.2 Å². The Bertz CT molecular complexity index is 1240. The third-order valence-electron chi connectivity index (χ3n) is 6.93. The van der Waals surface area contributed by atoms with Crippen LogP contribution in [0.15, 0.2) is 59.5 Å². The molecule has 0 bridgehead atoms. The van der Waals surface area contributed by atoms with E-state index in [0.29, 0.717) is 17.9 Å². The summed E-state index contributed by atoms with van der Waals surface area (Å²) in [6, 6.07) is 11.8. The van der Waals surface area contributed by atoms with Crippen molar-refractivity contribution >= 4 is 16.0 Å². The standard InChI is InChI=1S/C25H27NO7S/c1-16-4-7-20(8-5-16)34(28,29)26-14-24(33-17(2)27)25(11-10-19(30-3)13-23(25)26)18-6-9-21-22(12-18)32-15-31-21/h4-12,19,23-24H,13-15H2,1-3H3/t19-,23+,24+,25+/m1/s1. The average Bonchev–Trinajstić information content (AvgIpc) is 3.41. The van der Waals surface area contributed by atoms with Gasteiger partial charge in [0.2, 0.25) is 16.8 Å². The third kappa shape index (κ3) is 3.59. The van der Waals surface area contributed by atoms with Crippen molar-refractivity contribution in [3.8, 4) is 11.5 Å². The Morgan fingerprint density at radius 3 is 2.56 bits per heavy atom. The van der Waals surface area contributed by atoms with Gasteiger partial charge in [0.15, 0.2) is 11.5 Å². The molecule has 0 saturated carbocycles. The van der Waals surface area contributed by atoms with E-state index in [1.807, 2.05) is 37.3 Å². The van der Waals surface area contributed by atoms with Gasteiger partial charge in [0, 0.05) is 20.1 Å². The molecule has 0 aromatic heterocycles. The van der Waals surface area contributed by atoms with Crippen molar-refractivity contribution in [1.29, 1.82) is 0 Å². The number of hydrogen-bond donors (Lipinski definition) is 0. The molecule has 0 spiro atoms. The number of fused-ring (bicyclic) bond motifs is 2. The van der Waals surface area contributed by atoms with Gasteiger partial charge in [0.05, 0.1) is 23.0 Å². The molecule has 0 radical (unpaired) electrons. The molecule has 2 heterocycles. The van der Waals surface area contributed by atoms with Crippen molar-refractivity contribution in [2.24, 2.45) is 0 Å². The Hall–Kier alpha value is -2.88. The lowest BCUT2D eigenvalue weighted by molar-refractivity contribution is -0.147.